The highest BCUT2D eigenvalue weighted by Gasteiger charge is 2.17. The van der Waals surface area contributed by atoms with E-state index in [-0.39, 0.29) is 5.76 Å². The molecule has 1 aromatic heterocycles. The largest absolute Gasteiger partial charge is 0.451 e. The Kier molecular flexibility index (Phi) is 4.37. The van der Waals surface area contributed by atoms with E-state index in [0.717, 1.165) is 16.5 Å². The fourth-order valence-electron chi connectivity index (χ4n) is 2.77. The van der Waals surface area contributed by atoms with Gasteiger partial charge in [0.15, 0.2) is 16.7 Å². The van der Waals surface area contributed by atoms with Gasteiger partial charge in [0.2, 0.25) is 0 Å². The second kappa shape index (κ2) is 6.98. The second-order valence-electron chi connectivity index (χ2n) is 5.71. The number of nitrogens with one attached hydrogen (secondary N) is 1. The summed E-state index contributed by atoms with van der Waals surface area (Å²) in [6, 6.07) is 25.9. The minimum atomic E-state index is -1.71. The minimum Gasteiger partial charge on any atom is -0.451 e. The van der Waals surface area contributed by atoms with Crippen LogP contribution in [0.3, 0.4) is 0 Å². The van der Waals surface area contributed by atoms with Gasteiger partial charge >= 0.3 is 0 Å². The van der Waals surface area contributed by atoms with E-state index in [1.807, 2.05) is 60.7 Å². The Balaban J connectivity index is 1.62. The summed E-state index contributed by atoms with van der Waals surface area (Å²) in [5, 5.41) is 0.827. The third-order valence-corrected chi connectivity index (χ3v) is 5.13. The fourth-order valence-corrected chi connectivity index (χ4v) is 3.73. The van der Waals surface area contributed by atoms with Crippen LogP contribution in [0.25, 0.3) is 22.1 Å². The van der Waals surface area contributed by atoms with E-state index in [9.17, 15) is 9.00 Å². The van der Waals surface area contributed by atoms with Crippen LogP contribution in [0.1, 0.15) is 10.6 Å². The molecule has 0 saturated carbocycles. The quantitative estimate of drug-likeness (QED) is 0.580. The zero-order valence-corrected chi connectivity index (χ0v) is 14.5. The van der Waals surface area contributed by atoms with Crippen molar-refractivity contribution in [2.45, 2.75) is 4.90 Å². The van der Waals surface area contributed by atoms with Crippen LogP contribution >= 0.6 is 0 Å². The smallest absolute Gasteiger partial charge is 0.298 e. The van der Waals surface area contributed by atoms with Gasteiger partial charge in [-0.15, -0.1) is 0 Å². The Morgan fingerprint density at radius 3 is 2.35 bits per heavy atom. The predicted octanol–water partition coefficient (Wildman–Crippen LogP) is 4.55. The highest BCUT2D eigenvalue weighted by Crippen LogP contribution is 2.26. The van der Waals surface area contributed by atoms with Gasteiger partial charge in [-0.25, -0.2) is 4.21 Å². The number of benzene rings is 3. The molecule has 1 atom stereocenters. The Hall–Kier alpha value is -3.18. The number of hydrogen-bond donors (Lipinski definition) is 1. The summed E-state index contributed by atoms with van der Waals surface area (Å²) in [7, 11) is -1.71. The van der Waals surface area contributed by atoms with Gasteiger partial charge in [-0.2, -0.15) is 0 Å². The van der Waals surface area contributed by atoms with Crippen molar-refractivity contribution in [3.63, 3.8) is 0 Å². The highest BCUT2D eigenvalue weighted by atomic mass is 32.2. The van der Waals surface area contributed by atoms with Crippen LogP contribution in [-0.2, 0) is 11.0 Å². The van der Waals surface area contributed by atoms with Gasteiger partial charge in [0.05, 0.1) is 4.90 Å². The molecule has 128 valence electrons. The minimum absolute atomic E-state index is 0.136. The van der Waals surface area contributed by atoms with Crippen molar-refractivity contribution in [2.75, 3.05) is 0 Å². The number of carbonyl (C=O) groups excluding carboxylic acids is 1. The molecule has 4 aromatic rings. The third kappa shape index (κ3) is 3.17. The number of furan rings is 1. The molecule has 1 unspecified atom stereocenters. The molecular formula is C21H15NO3S. The summed E-state index contributed by atoms with van der Waals surface area (Å²) >= 11 is 0. The molecule has 4 nitrogen and oxygen atoms in total. The average molecular weight is 361 g/mol. The molecule has 1 N–H and O–H groups in total. The van der Waals surface area contributed by atoms with Crippen molar-refractivity contribution in [3.8, 4) is 11.1 Å². The summed E-state index contributed by atoms with van der Waals surface area (Å²) < 4.78 is 20.8. The molecule has 0 saturated heterocycles. The van der Waals surface area contributed by atoms with E-state index < -0.39 is 16.9 Å². The lowest BCUT2D eigenvalue weighted by molar-refractivity contribution is 0.0958. The van der Waals surface area contributed by atoms with Gasteiger partial charge in [-0.3, -0.25) is 9.52 Å². The maximum absolute atomic E-state index is 12.8. The van der Waals surface area contributed by atoms with Crippen molar-refractivity contribution in [1.29, 1.82) is 0 Å². The average Bonchev–Trinajstić information content (AvgIpc) is 3.13. The van der Waals surface area contributed by atoms with Crippen LogP contribution in [0.5, 0.6) is 0 Å². The Morgan fingerprint density at radius 2 is 1.54 bits per heavy atom. The molecule has 0 aliphatic carbocycles. The molecular weight excluding hydrogens is 346 g/mol. The van der Waals surface area contributed by atoms with Crippen LogP contribution < -0.4 is 4.72 Å². The Morgan fingerprint density at radius 1 is 0.846 bits per heavy atom. The highest BCUT2D eigenvalue weighted by molar-refractivity contribution is 7.83. The lowest BCUT2D eigenvalue weighted by Crippen LogP contribution is -2.25. The normalized spacial score (nSPS) is 12.0. The van der Waals surface area contributed by atoms with E-state index in [2.05, 4.69) is 4.72 Å². The van der Waals surface area contributed by atoms with E-state index >= 15 is 0 Å². The van der Waals surface area contributed by atoms with Crippen LogP contribution in [0.15, 0.2) is 94.2 Å². The Labute approximate surface area is 153 Å². The van der Waals surface area contributed by atoms with E-state index in [1.54, 1.807) is 24.3 Å². The van der Waals surface area contributed by atoms with Gasteiger partial charge in [-0.1, -0.05) is 66.7 Å². The van der Waals surface area contributed by atoms with Crippen LogP contribution in [0.4, 0.5) is 0 Å². The molecule has 5 heteroatoms. The maximum Gasteiger partial charge on any atom is 0.298 e. The zero-order chi connectivity index (χ0) is 17.9. The monoisotopic (exact) mass is 361 g/mol. The molecule has 0 radical (unpaired) electrons. The van der Waals surface area contributed by atoms with E-state index in [0.29, 0.717) is 10.5 Å². The molecule has 0 aliphatic heterocycles. The van der Waals surface area contributed by atoms with Gasteiger partial charge < -0.3 is 4.42 Å². The van der Waals surface area contributed by atoms with E-state index in [1.165, 1.54) is 0 Å². The number of rotatable bonds is 4. The molecule has 1 amide bonds. The van der Waals surface area contributed by atoms with Crippen LogP contribution in [-0.4, -0.2) is 10.1 Å². The summed E-state index contributed by atoms with van der Waals surface area (Å²) in [6.45, 7) is 0. The van der Waals surface area contributed by atoms with Gasteiger partial charge in [0.25, 0.3) is 5.91 Å². The third-order valence-electron chi connectivity index (χ3n) is 4.01. The standard InChI is InChI=1S/C21H15NO3S/c23-21(19-14-16-10-4-6-12-18(16)25-19)22-26(24)20-13-7-5-11-17(20)15-8-2-1-3-9-15/h1-14H,(H,22,23). The second-order valence-corrected chi connectivity index (χ2v) is 6.89. The van der Waals surface area contributed by atoms with Crippen molar-refractivity contribution in [2.24, 2.45) is 0 Å². The molecule has 0 fully saturated rings. The number of para-hydroxylation sites is 1. The first kappa shape index (κ1) is 16.3. The van der Waals surface area contributed by atoms with Crippen LogP contribution in [0, 0.1) is 0 Å². The van der Waals surface area contributed by atoms with E-state index in [4.69, 9.17) is 4.42 Å². The number of amides is 1. The zero-order valence-electron chi connectivity index (χ0n) is 13.7. The SMILES string of the molecule is O=C(NS(=O)c1ccccc1-c1ccccc1)c1cc2ccccc2o1. The van der Waals surface area contributed by atoms with Gasteiger partial charge in [0.1, 0.15) is 5.58 Å². The first-order valence-electron chi connectivity index (χ1n) is 8.08. The van der Waals surface area contributed by atoms with Gasteiger partial charge in [0, 0.05) is 5.39 Å². The van der Waals surface area contributed by atoms with Crippen molar-refractivity contribution in [3.05, 3.63) is 90.7 Å². The van der Waals surface area contributed by atoms with Crippen LogP contribution in [0.2, 0.25) is 0 Å². The molecule has 0 spiro atoms. The number of fused-ring (bicyclic) bond motifs is 1. The molecule has 3 aromatic carbocycles. The van der Waals surface area contributed by atoms with Crippen molar-refractivity contribution < 1.29 is 13.4 Å². The van der Waals surface area contributed by atoms with Gasteiger partial charge in [-0.05, 0) is 29.3 Å². The summed E-state index contributed by atoms with van der Waals surface area (Å²) in [5.74, 6) is -0.376. The lowest BCUT2D eigenvalue weighted by Gasteiger charge is -2.09. The summed E-state index contributed by atoms with van der Waals surface area (Å²) in [5.41, 5.74) is 2.37. The summed E-state index contributed by atoms with van der Waals surface area (Å²) in [6.07, 6.45) is 0. The fraction of sp³-hybridized carbons (Fsp3) is 0. The number of hydrogen-bond acceptors (Lipinski definition) is 3. The molecule has 0 bridgehead atoms. The first-order chi connectivity index (χ1) is 12.7. The molecule has 26 heavy (non-hydrogen) atoms. The topological polar surface area (TPSA) is 59.3 Å². The maximum atomic E-state index is 12.8. The molecule has 0 aliphatic rings. The van der Waals surface area contributed by atoms with Crippen molar-refractivity contribution >= 4 is 27.9 Å². The van der Waals surface area contributed by atoms with Crippen molar-refractivity contribution in [1.82, 2.24) is 4.72 Å². The Bertz CT molecular complexity index is 1070. The summed E-state index contributed by atoms with van der Waals surface area (Å²) in [4.78, 5) is 13.0. The lowest BCUT2D eigenvalue weighted by atomic mass is 10.1. The predicted molar refractivity (Wildman–Crippen MR) is 102 cm³/mol. The first-order valence-corrected chi connectivity index (χ1v) is 9.23. The molecule has 1 heterocycles. The number of carbonyl (C=O) groups is 1. The molecule has 4 rings (SSSR count).